The summed E-state index contributed by atoms with van der Waals surface area (Å²) in [7, 11) is 1.68. The third-order valence-electron chi connectivity index (χ3n) is 5.71. The van der Waals surface area contributed by atoms with Crippen molar-refractivity contribution in [1.29, 1.82) is 5.26 Å². The summed E-state index contributed by atoms with van der Waals surface area (Å²) in [6.07, 6.45) is 1.57. The number of nitriles is 1. The number of aromatic amines is 1. The quantitative estimate of drug-likeness (QED) is 0.419. The Morgan fingerprint density at radius 3 is 2.79 bits per heavy atom. The molecular weight excluding hydrogens is 443 g/mol. The number of halogens is 2. The van der Waals surface area contributed by atoms with E-state index in [-0.39, 0.29) is 28.1 Å². The molecule has 0 atom stereocenters. The van der Waals surface area contributed by atoms with Crippen LogP contribution in [0.15, 0.2) is 53.5 Å². The molecule has 0 unspecified atom stereocenters. The monoisotopic (exact) mass is 458 g/mol. The first-order valence-corrected chi connectivity index (χ1v) is 10.4. The smallest absolute Gasteiger partial charge is 0.273 e. The summed E-state index contributed by atoms with van der Waals surface area (Å²) in [4.78, 5) is 12.3. The van der Waals surface area contributed by atoms with Crippen molar-refractivity contribution in [2.24, 2.45) is 12.8 Å². The van der Waals surface area contributed by atoms with E-state index in [2.05, 4.69) is 21.4 Å². The van der Waals surface area contributed by atoms with Crippen LogP contribution in [-0.4, -0.2) is 20.0 Å². The second-order valence-corrected chi connectivity index (χ2v) is 7.96. The highest BCUT2D eigenvalue weighted by molar-refractivity contribution is 6.36. The molecule has 2 aromatic heterocycles. The fourth-order valence-electron chi connectivity index (χ4n) is 4.22. The average Bonchev–Trinajstić information content (AvgIpc) is 3.18. The van der Waals surface area contributed by atoms with Crippen LogP contribution in [0.4, 0.5) is 4.39 Å². The van der Waals surface area contributed by atoms with Crippen molar-refractivity contribution in [3.8, 4) is 28.5 Å². The van der Waals surface area contributed by atoms with Crippen LogP contribution in [0.2, 0.25) is 5.02 Å². The van der Waals surface area contributed by atoms with E-state index in [0.717, 1.165) is 0 Å². The standard InChI is InChI=1S/C24H16ClFN6O/c1-32-23(22-16(9-27)14-5-3-2-4-12(14)8-19(22)26)17(11-29-32)13-6-15-20(10-28)30-31-24(33)21(15)18(25)7-13/h2-8,11H,10,28H2,1H3,(H,31,33). The van der Waals surface area contributed by atoms with E-state index >= 15 is 4.39 Å². The molecule has 0 aliphatic rings. The molecule has 3 aromatic carbocycles. The lowest BCUT2D eigenvalue weighted by molar-refractivity contribution is 0.629. The summed E-state index contributed by atoms with van der Waals surface area (Å²) in [6.45, 7) is 0.0881. The number of hydrogen-bond acceptors (Lipinski definition) is 5. The maximum Gasteiger partial charge on any atom is 0.273 e. The van der Waals surface area contributed by atoms with Crippen LogP contribution in [0, 0.1) is 17.1 Å². The predicted molar refractivity (Wildman–Crippen MR) is 125 cm³/mol. The topological polar surface area (TPSA) is 113 Å². The molecule has 0 bridgehead atoms. The van der Waals surface area contributed by atoms with E-state index in [4.69, 9.17) is 17.3 Å². The number of H-pyrrole nitrogens is 1. The van der Waals surface area contributed by atoms with Gasteiger partial charge in [0.25, 0.3) is 5.56 Å². The molecule has 7 nitrogen and oxygen atoms in total. The average molecular weight is 459 g/mol. The fourth-order valence-corrected chi connectivity index (χ4v) is 4.52. The number of nitrogens with two attached hydrogens (primary N) is 1. The number of benzene rings is 3. The van der Waals surface area contributed by atoms with Crippen molar-refractivity contribution in [1.82, 2.24) is 20.0 Å². The maximum absolute atomic E-state index is 15.4. The number of rotatable bonds is 3. The molecule has 0 fully saturated rings. The number of nitrogens with zero attached hydrogens (tertiary/aromatic N) is 4. The van der Waals surface area contributed by atoms with E-state index in [1.54, 1.807) is 49.6 Å². The minimum atomic E-state index is -0.539. The Morgan fingerprint density at radius 1 is 1.24 bits per heavy atom. The largest absolute Gasteiger partial charge is 0.325 e. The highest BCUT2D eigenvalue weighted by atomic mass is 35.5. The Labute approximate surface area is 191 Å². The zero-order chi connectivity index (χ0) is 23.3. The molecule has 3 N–H and O–H groups in total. The second kappa shape index (κ2) is 7.81. The summed E-state index contributed by atoms with van der Waals surface area (Å²) < 4.78 is 16.9. The highest BCUT2D eigenvalue weighted by Crippen LogP contribution is 2.40. The van der Waals surface area contributed by atoms with Crippen LogP contribution in [0.3, 0.4) is 0 Å². The van der Waals surface area contributed by atoms with Crippen LogP contribution in [-0.2, 0) is 13.6 Å². The van der Waals surface area contributed by atoms with Gasteiger partial charge in [-0.2, -0.15) is 15.5 Å². The van der Waals surface area contributed by atoms with E-state index < -0.39 is 11.4 Å². The van der Waals surface area contributed by atoms with Crippen molar-refractivity contribution in [3.63, 3.8) is 0 Å². The third kappa shape index (κ3) is 3.18. The lowest BCUT2D eigenvalue weighted by atomic mass is 9.93. The Kier molecular flexibility index (Phi) is 4.93. The molecule has 162 valence electrons. The molecule has 0 aliphatic heterocycles. The van der Waals surface area contributed by atoms with Gasteiger partial charge in [-0.15, -0.1) is 0 Å². The van der Waals surface area contributed by atoms with E-state index in [1.807, 2.05) is 0 Å². The number of hydrogen-bond donors (Lipinski definition) is 2. The minimum Gasteiger partial charge on any atom is -0.325 e. The van der Waals surface area contributed by atoms with Gasteiger partial charge in [-0.05, 0) is 29.1 Å². The van der Waals surface area contributed by atoms with Crippen molar-refractivity contribution in [2.45, 2.75) is 6.54 Å². The van der Waals surface area contributed by atoms with Gasteiger partial charge >= 0.3 is 0 Å². The number of fused-ring (bicyclic) bond motifs is 2. The van der Waals surface area contributed by atoms with E-state index in [9.17, 15) is 10.1 Å². The molecule has 0 saturated heterocycles. The van der Waals surface area contributed by atoms with E-state index in [0.29, 0.717) is 38.7 Å². The van der Waals surface area contributed by atoms with Crippen molar-refractivity contribution in [3.05, 3.63) is 81.1 Å². The molecule has 5 aromatic rings. The molecular formula is C24H16ClFN6O. The van der Waals surface area contributed by atoms with Gasteiger partial charge in [-0.25, -0.2) is 9.49 Å². The predicted octanol–water partition coefficient (Wildman–Crippen LogP) is 4.27. The number of aryl methyl sites for hydroxylation is 1. The number of nitrogens with one attached hydrogen (secondary N) is 1. The Hall–Kier alpha value is -4.06. The van der Waals surface area contributed by atoms with Crippen LogP contribution < -0.4 is 11.3 Å². The van der Waals surface area contributed by atoms with E-state index in [1.165, 1.54) is 10.7 Å². The molecule has 0 aliphatic carbocycles. The Bertz CT molecular complexity index is 1680. The summed E-state index contributed by atoms with van der Waals surface area (Å²) >= 11 is 6.48. The first-order valence-electron chi connectivity index (χ1n) is 9.99. The summed E-state index contributed by atoms with van der Waals surface area (Å²) in [5, 5.41) is 22.9. The third-order valence-corrected chi connectivity index (χ3v) is 6.01. The molecule has 9 heteroatoms. The first kappa shape index (κ1) is 20.8. The summed E-state index contributed by atoms with van der Waals surface area (Å²) in [5.41, 5.74) is 7.76. The molecule has 2 heterocycles. The van der Waals surface area contributed by atoms with Gasteiger partial charge in [0.2, 0.25) is 0 Å². The fraction of sp³-hybridized carbons (Fsp3) is 0.0833. The zero-order valence-corrected chi connectivity index (χ0v) is 18.1. The Balaban J connectivity index is 1.85. The van der Waals surface area contributed by atoms with Gasteiger partial charge in [-0.1, -0.05) is 35.9 Å². The molecule has 0 spiro atoms. The van der Waals surface area contributed by atoms with Gasteiger partial charge < -0.3 is 5.73 Å². The maximum atomic E-state index is 15.4. The molecule has 0 amide bonds. The van der Waals surface area contributed by atoms with Gasteiger partial charge in [-0.3, -0.25) is 9.48 Å². The zero-order valence-electron chi connectivity index (χ0n) is 17.4. The lowest BCUT2D eigenvalue weighted by Crippen LogP contribution is -2.13. The van der Waals surface area contributed by atoms with Crippen LogP contribution >= 0.6 is 11.6 Å². The number of aromatic nitrogens is 4. The Morgan fingerprint density at radius 2 is 2.03 bits per heavy atom. The van der Waals surface area contributed by atoms with Crippen molar-refractivity contribution < 1.29 is 4.39 Å². The molecule has 0 saturated carbocycles. The molecule has 33 heavy (non-hydrogen) atoms. The normalized spacial score (nSPS) is 11.2. The summed E-state index contributed by atoms with van der Waals surface area (Å²) in [6, 6.07) is 14.1. The van der Waals surface area contributed by atoms with Gasteiger partial charge in [0.15, 0.2) is 0 Å². The van der Waals surface area contributed by atoms with Crippen LogP contribution in [0.5, 0.6) is 0 Å². The SMILES string of the molecule is Cn1ncc(-c2cc(Cl)c3c(=O)[nH]nc(CN)c3c2)c1-c1c(F)cc2ccccc2c1C#N. The lowest BCUT2D eigenvalue weighted by Gasteiger charge is -2.13. The molecule has 5 rings (SSSR count). The van der Waals surface area contributed by atoms with Gasteiger partial charge in [0.1, 0.15) is 11.9 Å². The highest BCUT2D eigenvalue weighted by Gasteiger charge is 2.23. The van der Waals surface area contributed by atoms with Crippen molar-refractivity contribution in [2.75, 3.05) is 0 Å². The minimum absolute atomic E-state index is 0.0881. The van der Waals surface area contributed by atoms with Crippen molar-refractivity contribution >= 4 is 33.1 Å². The second-order valence-electron chi connectivity index (χ2n) is 7.56. The first-order chi connectivity index (χ1) is 15.9. The van der Waals surface area contributed by atoms with Gasteiger partial charge in [0, 0.05) is 29.9 Å². The summed E-state index contributed by atoms with van der Waals surface area (Å²) in [5.74, 6) is -0.539. The van der Waals surface area contributed by atoms with Crippen LogP contribution in [0.1, 0.15) is 11.3 Å². The van der Waals surface area contributed by atoms with Crippen LogP contribution in [0.25, 0.3) is 43.9 Å². The van der Waals surface area contributed by atoms with Gasteiger partial charge in [0.05, 0.1) is 39.1 Å². The molecule has 0 radical (unpaired) electrons.